The lowest BCUT2D eigenvalue weighted by molar-refractivity contribution is -0.115. The molecule has 246 valence electrons. The predicted octanol–water partition coefficient (Wildman–Crippen LogP) is 6.22. The van der Waals surface area contributed by atoms with Crippen molar-refractivity contribution in [2.24, 2.45) is 4.99 Å². The van der Waals surface area contributed by atoms with Crippen molar-refractivity contribution in [3.05, 3.63) is 78.1 Å². The minimum absolute atomic E-state index is 0.161. The lowest BCUT2D eigenvalue weighted by Crippen LogP contribution is -2.31. The molecule has 1 aromatic heterocycles. The fraction of sp³-hybridized carbons (Fsp3) is 0.258. The van der Waals surface area contributed by atoms with E-state index in [1.807, 2.05) is 37.2 Å². The van der Waals surface area contributed by atoms with Gasteiger partial charge < -0.3 is 10.2 Å². The summed E-state index contributed by atoms with van der Waals surface area (Å²) < 4.78 is 63.2. The molecule has 16 heteroatoms. The Hall–Kier alpha value is -4.70. The number of aromatic nitrogens is 3. The minimum Gasteiger partial charge on any atom is -0.378 e. The van der Waals surface area contributed by atoms with E-state index >= 15 is 0 Å². The van der Waals surface area contributed by atoms with Crippen molar-refractivity contribution in [2.45, 2.75) is 37.1 Å². The summed E-state index contributed by atoms with van der Waals surface area (Å²) >= 11 is 1.19. The van der Waals surface area contributed by atoms with E-state index in [1.165, 1.54) is 39.8 Å². The van der Waals surface area contributed by atoms with Gasteiger partial charge in [0.25, 0.3) is 9.84 Å². The minimum atomic E-state index is -5.47. The number of rotatable bonds is 8. The number of amidine groups is 1. The highest BCUT2D eigenvalue weighted by Gasteiger charge is 2.46. The van der Waals surface area contributed by atoms with Crippen LogP contribution in [0.2, 0.25) is 0 Å². The highest BCUT2D eigenvalue weighted by Crippen LogP contribution is 2.34. The quantitative estimate of drug-likeness (QED) is 0.231. The number of urea groups is 1. The number of amides is 3. The van der Waals surface area contributed by atoms with Gasteiger partial charge in [0, 0.05) is 31.0 Å². The van der Waals surface area contributed by atoms with Crippen molar-refractivity contribution < 1.29 is 31.2 Å². The van der Waals surface area contributed by atoms with Crippen molar-refractivity contribution in [1.29, 1.82) is 0 Å². The van der Waals surface area contributed by atoms with Crippen LogP contribution in [0.5, 0.6) is 0 Å². The average Bonchev–Trinajstić information content (AvgIpc) is 3.65. The SMILES string of the molecule is CCCc1ccc(N(C)C)cc1N1C(=O)CS/C1=N\C(=O)Nc1ccc(-c2ncn(-c3ccc(S(=O)(=O)C(F)(F)F)cc3)n2)cc1C. The zero-order valence-electron chi connectivity index (χ0n) is 25.7. The van der Waals surface area contributed by atoms with Crippen molar-refractivity contribution in [3.63, 3.8) is 0 Å². The third-order valence-corrected chi connectivity index (χ3v) is 9.67. The maximum Gasteiger partial charge on any atom is 0.501 e. The number of carbonyl (C=O) groups is 2. The molecule has 0 bridgehead atoms. The molecule has 4 aromatic rings. The van der Waals surface area contributed by atoms with Crippen molar-refractivity contribution in [2.75, 3.05) is 35.0 Å². The molecule has 1 aliphatic heterocycles. The average molecular weight is 686 g/mol. The lowest BCUT2D eigenvalue weighted by Gasteiger charge is -2.22. The van der Waals surface area contributed by atoms with E-state index in [-0.39, 0.29) is 22.7 Å². The van der Waals surface area contributed by atoms with E-state index in [0.29, 0.717) is 28.2 Å². The van der Waals surface area contributed by atoms with E-state index in [0.717, 1.165) is 36.2 Å². The molecule has 1 saturated heterocycles. The summed E-state index contributed by atoms with van der Waals surface area (Å²) in [6.07, 6.45) is 2.98. The number of thioether (sulfide) groups is 1. The number of aryl methyl sites for hydroxylation is 2. The number of alkyl halides is 3. The summed E-state index contributed by atoms with van der Waals surface area (Å²) in [6, 6.07) is 14.4. The smallest absolute Gasteiger partial charge is 0.378 e. The van der Waals surface area contributed by atoms with E-state index in [1.54, 1.807) is 25.1 Å². The Morgan fingerprint density at radius 3 is 2.45 bits per heavy atom. The van der Waals surface area contributed by atoms with Crippen molar-refractivity contribution in [1.82, 2.24) is 14.8 Å². The number of aliphatic imine (C=N–C) groups is 1. The molecule has 47 heavy (non-hydrogen) atoms. The van der Waals surface area contributed by atoms with Gasteiger partial charge in [-0.1, -0.05) is 31.2 Å². The second-order valence-corrected chi connectivity index (χ2v) is 13.7. The summed E-state index contributed by atoms with van der Waals surface area (Å²) in [5.41, 5.74) is -0.762. The maximum absolute atomic E-state index is 13.1. The van der Waals surface area contributed by atoms with Gasteiger partial charge in [0.05, 0.1) is 22.0 Å². The van der Waals surface area contributed by atoms with Crippen LogP contribution in [0.3, 0.4) is 0 Å². The van der Waals surface area contributed by atoms with Crippen LogP contribution >= 0.6 is 11.8 Å². The molecule has 0 spiro atoms. The van der Waals surface area contributed by atoms with Gasteiger partial charge in [-0.15, -0.1) is 5.10 Å². The normalized spacial score (nSPS) is 14.6. The van der Waals surface area contributed by atoms with Crippen LogP contribution in [0.15, 0.2) is 76.9 Å². The zero-order chi connectivity index (χ0) is 34.1. The second kappa shape index (κ2) is 13.2. The van der Waals surface area contributed by atoms with Gasteiger partial charge in [-0.3, -0.25) is 9.69 Å². The predicted molar refractivity (Wildman–Crippen MR) is 176 cm³/mol. The summed E-state index contributed by atoms with van der Waals surface area (Å²) in [5.74, 6) is 0.288. The molecule has 5 rings (SSSR count). The molecule has 3 amide bonds. The van der Waals surface area contributed by atoms with Gasteiger partial charge in [0.15, 0.2) is 11.0 Å². The zero-order valence-corrected chi connectivity index (χ0v) is 27.4. The molecule has 0 aliphatic carbocycles. The first kappa shape index (κ1) is 33.7. The number of hydrogen-bond acceptors (Lipinski definition) is 8. The van der Waals surface area contributed by atoms with Gasteiger partial charge >= 0.3 is 11.5 Å². The fourth-order valence-electron chi connectivity index (χ4n) is 4.81. The Kier molecular flexibility index (Phi) is 9.45. The van der Waals surface area contributed by atoms with Crippen molar-refractivity contribution >= 4 is 55.8 Å². The Labute approximate surface area is 273 Å². The Morgan fingerprint density at radius 1 is 1.09 bits per heavy atom. The number of nitrogens with one attached hydrogen (secondary N) is 1. The summed E-state index contributed by atoms with van der Waals surface area (Å²) in [5, 5.41) is 7.41. The number of anilines is 3. The van der Waals surface area contributed by atoms with Crippen LogP contribution in [0.4, 0.5) is 35.0 Å². The first-order valence-electron chi connectivity index (χ1n) is 14.3. The first-order chi connectivity index (χ1) is 22.2. The number of halogens is 3. The highest BCUT2D eigenvalue weighted by atomic mass is 32.2. The Bertz CT molecular complexity index is 1980. The standard InChI is InChI=1S/C31H30F3N7O4S2/c1-5-6-20-7-9-23(39(3)4)16-26(20)41-27(42)17-46-30(41)37-29(43)36-25-14-8-21(15-19(25)2)28-35-18-40(38-28)22-10-12-24(13-11-22)47(44,45)31(32,33)34/h7-16,18H,5-6,17H2,1-4H3,(H,36,43)/b37-30-. The van der Waals surface area contributed by atoms with Gasteiger partial charge in [-0.05, 0) is 79.1 Å². The number of carbonyl (C=O) groups excluding carboxylic acids is 2. The molecular weight excluding hydrogens is 656 g/mol. The van der Waals surface area contributed by atoms with Crippen LogP contribution in [0, 0.1) is 6.92 Å². The first-order valence-corrected chi connectivity index (χ1v) is 16.8. The Morgan fingerprint density at radius 2 is 1.81 bits per heavy atom. The Balaban J connectivity index is 1.33. The van der Waals surface area contributed by atoms with Crippen LogP contribution in [0.1, 0.15) is 24.5 Å². The van der Waals surface area contributed by atoms with E-state index in [2.05, 4.69) is 27.3 Å². The third kappa shape index (κ3) is 7.02. The summed E-state index contributed by atoms with van der Waals surface area (Å²) in [4.78, 5) is 37.1. The van der Waals surface area contributed by atoms with Crippen LogP contribution in [0.25, 0.3) is 17.1 Å². The molecule has 1 fully saturated rings. The maximum atomic E-state index is 13.1. The molecule has 0 atom stereocenters. The molecule has 11 nitrogen and oxygen atoms in total. The van der Waals surface area contributed by atoms with Crippen LogP contribution in [-0.2, 0) is 21.1 Å². The largest absolute Gasteiger partial charge is 0.501 e. The molecule has 2 heterocycles. The summed E-state index contributed by atoms with van der Waals surface area (Å²) in [6.45, 7) is 3.83. The van der Waals surface area contributed by atoms with E-state index < -0.39 is 26.3 Å². The number of sulfone groups is 1. The molecule has 3 aromatic carbocycles. The van der Waals surface area contributed by atoms with Gasteiger partial charge in [-0.2, -0.15) is 18.2 Å². The monoisotopic (exact) mass is 685 g/mol. The second-order valence-electron chi connectivity index (χ2n) is 10.8. The van der Waals surface area contributed by atoms with Crippen LogP contribution < -0.4 is 15.1 Å². The molecule has 1 N–H and O–H groups in total. The number of nitrogens with zero attached hydrogens (tertiary/aromatic N) is 6. The van der Waals surface area contributed by atoms with E-state index in [4.69, 9.17) is 0 Å². The third-order valence-electron chi connectivity index (χ3n) is 7.24. The van der Waals surface area contributed by atoms with E-state index in [9.17, 15) is 31.2 Å². The van der Waals surface area contributed by atoms with Gasteiger partial charge in [0.1, 0.15) is 6.33 Å². The van der Waals surface area contributed by atoms with Crippen LogP contribution in [-0.4, -0.2) is 65.6 Å². The fourth-order valence-corrected chi connectivity index (χ4v) is 6.43. The molecular formula is C31H30F3N7O4S2. The van der Waals surface area contributed by atoms with Gasteiger partial charge in [-0.25, -0.2) is 22.9 Å². The number of hydrogen-bond donors (Lipinski definition) is 1. The van der Waals surface area contributed by atoms with Gasteiger partial charge in [0.2, 0.25) is 5.91 Å². The molecule has 1 aliphatic rings. The summed E-state index contributed by atoms with van der Waals surface area (Å²) in [7, 11) is -1.64. The molecule has 0 unspecified atom stereocenters. The topological polar surface area (TPSA) is 130 Å². The number of benzene rings is 3. The molecule has 0 saturated carbocycles. The lowest BCUT2D eigenvalue weighted by atomic mass is 10.1. The van der Waals surface area contributed by atoms with Crippen molar-refractivity contribution in [3.8, 4) is 17.1 Å². The molecule has 0 radical (unpaired) electrons. The highest BCUT2D eigenvalue weighted by molar-refractivity contribution is 8.15.